The van der Waals surface area contributed by atoms with E-state index in [1.807, 2.05) is 32.9 Å². The molecule has 0 bridgehead atoms. The lowest BCUT2D eigenvalue weighted by atomic mass is 10.0. The summed E-state index contributed by atoms with van der Waals surface area (Å²) in [6.07, 6.45) is 3.88. The van der Waals surface area contributed by atoms with Crippen LogP contribution in [-0.2, 0) is 6.54 Å². The number of furan rings is 1. The number of thioether (sulfide) groups is 1. The van der Waals surface area contributed by atoms with Gasteiger partial charge < -0.3 is 9.40 Å². The highest BCUT2D eigenvalue weighted by atomic mass is 32.2. The standard InChI is InChI=1S/C21H24N4O3S/c1-11-17(13(3)26)12(2)22-18(11)19(27)14(4)29-21-24-23-20(15-7-8-15)25(21)10-16-6-5-9-28-16/h5-6,9,14-15,22H,7-8,10H2,1-4H3. The van der Waals surface area contributed by atoms with Gasteiger partial charge in [0.25, 0.3) is 0 Å². The third-order valence-corrected chi connectivity index (χ3v) is 6.35. The Bertz CT molecular complexity index is 1060. The maximum Gasteiger partial charge on any atom is 0.192 e. The fourth-order valence-electron chi connectivity index (χ4n) is 3.68. The van der Waals surface area contributed by atoms with Crippen LogP contribution in [0.5, 0.6) is 0 Å². The van der Waals surface area contributed by atoms with Crippen LogP contribution in [0.2, 0.25) is 0 Å². The molecule has 0 saturated heterocycles. The lowest BCUT2D eigenvalue weighted by molar-refractivity contribution is 0.0988. The lowest BCUT2D eigenvalue weighted by Gasteiger charge is -2.12. The molecule has 3 aromatic heterocycles. The number of Topliss-reactive ketones (excluding diaryl/α,β-unsaturated/α-hetero) is 2. The van der Waals surface area contributed by atoms with Crippen molar-refractivity contribution in [2.75, 3.05) is 0 Å². The first-order valence-corrected chi connectivity index (χ1v) is 10.6. The van der Waals surface area contributed by atoms with Gasteiger partial charge in [0, 0.05) is 17.2 Å². The molecule has 0 spiro atoms. The van der Waals surface area contributed by atoms with E-state index in [2.05, 4.69) is 19.7 Å². The van der Waals surface area contributed by atoms with Crippen molar-refractivity contribution in [1.29, 1.82) is 0 Å². The molecule has 1 atom stereocenters. The third kappa shape index (κ3) is 3.81. The quantitative estimate of drug-likeness (QED) is 0.438. The van der Waals surface area contributed by atoms with Crippen LogP contribution in [0.1, 0.15) is 76.3 Å². The van der Waals surface area contributed by atoms with Gasteiger partial charge in [-0.25, -0.2) is 0 Å². The number of rotatable bonds is 8. The fraction of sp³-hybridized carbons (Fsp3) is 0.429. The van der Waals surface area contributed by atoms with Crippen molar-refractivity contribution < 1.29 is 14.0 Å². The first-order valence-electron chi connectivity index (χ1n) is 9.73. The first kappa shape index (κ1) is 19.7. The van der Waals surface area contributed by atoms with Crippen molar-refractivity contribution >= 4 is 23.3 Å². The second kappa shape index (κ2) is 7.67. The zero-order chi connectivity index (χ0) is 20.7. The Labute approximate surface area is 173 Å². The van der Waals surface area contributed by atoms with Crippen LogP contribution in [0.15, 0.2) is 28.0 Å². The predicted molar refractivity (Wildman–Crippen MR) is 110 cm³/mol. The van der Waals surface area contributed by atoms with Gasteiger partial charge in [-0.3, -0.25) is 14.2 Å². The molecule has 0 aliphatic heterocycles. The number of nitrogens with one attached hydrogen (secondary N) is 1. The van der Waals surface area contributed by atoms with Gasteiger partial charge in [-0.15, -0.1) is 10.2 Å². The van der Waals surface area contributed by atoms with Crippen molar-refractivity contribution in [2.45, 2.75) is 63.4 Å². The number of H-pyrrole nitrogens is 1. The van der Waals surface area contributed by atoms with Gasteiger partial charge in [-0.05, 0) is 58.2 Å². The summed E-state index contributed by atoms with van der Waals surface area (Å²) in [6.45, 7) is 7.56. The summed E-state index contributed by atoms with van der Waals surface area (Å²) >= 11 is 1.39. The first-order chi connectivity index (χ1) is 13.9. The number of aromatic nitrogens is 4. The summed E-state index contributed by atoms with van der Waals surface area (Å²) in [4.78, 5) is 28.1. The Hall–Kier alpha value is -2.61. The molecular weight excluding hydrogens is 388 g/mol. The molecule has 8 heteroatoms. The van der Waals surface area contributed by atoms with E-state index in [4.69, 9.17) is 4.42 Å². The van der Waals surface area contributed by atoms with Crippen LogP contribution in [0, 0.1) is 13.8 Å². The second-order valence-corrected chi connectivity index (χ2v) is 8.89. The molecule has 7 nitrogen and oxygen atoms in total. The SMILES string of the molecule is CC(=O)c1c(C)[nH]c(C(=O)C(C)Sc2nnc(C3CC3)n2Cc2ccco2)c1C. The number of aryl methyl sites for hydroxylation is 1. The number of hydrogen-bond donors (Lipinski definition) is 1. The molecule has 4 rings (SSSR count). The van der Waals surface area contributed by atoms with Crippen LogP contribution < -0.4 is 0 Å². The van der Waals surface area contributed by atoms with Gasteiger partial charge in [0.05, 0.1) is 23.8 Å². The highest BCUT2D eigenvalue weighted by molar-refractivity contribution is 8.00. The van der Waals surface area contributed by atoms with Crippen molar-refractivity contribution in [3.05, 3.63) is 52.5 Å². The smallest absolute Gasteiger partial charge is 0.192 e. The van der Waals surface area contributed by atoms with E-state index in [1.54, 1.807) is 6.26 Å². The molecule has 1 N–H and O–H groups in total. The molecule has 1 aliphatic rings. The molecule has 152 valence electrons. The summed E-state index contributed by atoms with van der Waals surface area (Å²) in [7, 11) is 0. The van der Waals surface area contributed by atoms with Gasteiger partial charge in [0.1, 0.15) is 11.6 Å². The van der Waals surface area contributed by atoms with Crippen molar-refractivity contribution in [2.24, 2.45) is 0 Å². The molecule has 3 heterocycles. The summed E-state index contributed by atoms with van der Waals surface area (Å²) in [5, 5.41) is 9.08. The third-order valence-electron chi connectivity index (χ3n) is 5.27. The lowest BCUT2D eigenvalue weighted by Crippen LogP contribution is -2.17. The summed E-state index contributed by atoms with van der Waals surface area (Å²) < 4.78 is 7.56. The Morgan fingerprint density at radius 3 is 2.69 bits per heavy atom. The number of aromatic amines is 1. The van der Waals surface area contributed by atoms with Crippen LogP contribution in [0.25, 0.3) is 0 Å². The molecule has 0 amide bonds. The largest absolute Gasteiger partial charge is 0.467 e. The van der Waals surface area contributed by atoms with Gasteiger partial charge in [0.15, 0.2) is 16.7 Å². The van der Waals surface area contributed by atoms with Crippen molar-refractivity contribution in [1.82, 2.24) is 19.7 Å². The maximum atomic E-state index is 13.1. The average molecular weight is 413 g/mol. The molecule has 0 aromatic carbocycles. The molecule has 1 fully saturated rings. The van der Waals surface area contributed by atoms with Gasteiger partial charge in [-0.2, -0.15) is 0 Å². The Kier molecular flexibility index (Phi) is 5.21. The maximum absolute atomic E-state index is 13.1. The Morgan fingerprint density at radius 2 is 2.10 bits per heavy atom. The van der Waals surface area contributed by atoms with E-state index in [0.717, 1.165) is 30.1 Å². The number of nitrogens with zero attached hydrogens (tertiary/aromatic N) is 3. The normalized spacial score (nSPS) is 14.9. The van der Waals surface area contributed by atoms with Crippen LogP contribution in [0.3, 0.4) is 0 Å². The average Bonchev–Trinajstić information content (AvgIpc) is 3.10. The topological polar surface area (TPSA) is 93.8 Å². The highest BCUT2D eigenvalue weighted by Gasteiger charge is 2.32. The number of carbonyl (C=O) groups is 2. The molecule has 29 heavy (non-hydrogen) atoms. The van der Waals surface area contributed by atoms with Crippen molar-refractivity contribution in [3.63, 3.8) is 0 Å². The van der Waals surface area contributed by atoms with Gasteiger partial charge >= 0.3 is 0 Å². The number of hydrogen-bond acceptors (Lipinski definition) is 6. The van der Waals surface area contributed by atoms with Crippen LogP contribution >= 0.6 is 11.8 Å². The van der Waals surface area contributed by atoms with Gasteiger partial charge in [0.2, 0.25) is 0 Å². The summed E-state index contributed by atoms with van der Waals surface area (Å²) in [6, 6.07) is 3.78. The summed E-state index contributed by atoms with van der Waals surface area (Å²) in [5.41, 5.74) is 2.53. The minimum Gasteiger partial charge on any atom is -0.467 e. The minimum absolute atomic E-state index is 0.0390. The zero-order valence-corrected chi connectivity index (χ0v) is 17.8. The second-order valence-electron chi connectivity index (χ2n) is 7.59. The van der Waals surface area contributed by atoms with E-state index in [9.17, 15) is 9.59 Å². The van der Waals surface area contributed by atoms with Crippen molar-refractivity contribution in [3.8, 4) is 0 Å². The molecular formula is C21H24N4O3S. The number of ketones is 2. The molecule has 1 saturated carbocycles. The van der Waals surface area contributed by atoms with E-state index in [0.29, 0.717) is 34.4 Å². The Balaban J connectivity index is 1.58. The van der Waals surface area contributed by atoms with E-state index in [-0.39, 0.29) is 16.8 Å². The zero-order valence-electron chi connectivity index (χ0n) is 17.0. The molecule has 0 radical (unpaired) electrons. The van der Waals surface area contributed by atoms with Crippen LogP contribution in [0.4, 0.5) is 0 Å². The van der Waals surface area contributed by atoms with Gasteiger partial charge in [-0.1, -0.05) is 11.8 Å². The minimum atomic E-state index is -0.377. The monoisotopic (exact) mass is 412 g/mol. The highest BCUT2D eigenvalue weighted by Crippen LogP contribution is 2.40. The fourth-order valence-corrected chi connectivity index (χ4v) is 4.59. The van der Waals surface area contributed by atoms with Crippen LogP contribution in [-0.4, -0.2) is 36.6 Å². The molecule has 3 aromatic rings. The molecule has 1 aliphatic carbocycles. The van der Waals surface area contributed by atoms with E-state index < -0.39 is 0 Å². The predicted octanol–water partition coefficient (Wildman–Crippen LogP) is 4.31. The molecule has 1 unspecified atom stereocenters. The van der Waals surface area contributed by atoms with E-state index in [1.165, 1.54) is 18.7 Å². The Morgan fingerprint density at radius 1 is 1.34 bits per heavy atom. The number of carbonyl (C=O) groups excluding carboxylic acids is 2. The van der Waals surface area contributed by atoms with E-state index >= 15 is 0 Å². The summed E-state index contributed by atoms with van der Waals surface area (Å²) in [5.74, 6) is 2.12.